The predicted octanol–water partition coefficient (Wildman–Crippen LogP) is 1.99. The minimum absolute atomic E-state index is 0.0174. The van der Waals surface area contributed by atoms with Gasteiger partial charge in [0.05, 0.1) is 21.3 Å². The first-order valence-electron chi connectivity index (χ1n) is 7.49. The first kappa shape index (κ1) is 17.5. The predicted molar refractivity (Wildman–Crippen MR) is 90.2 cm³/mol. The molecule has 0 radical (unpaired) electrons. The molecule has 1 saturated heterocycles. The molecule has 7 heteroatoms. The quantitative estimate of drug-likeness (QED) is 0.766. The van der Waals surface area contributed by atoms with Crippen LogP contribution in [0.3, 0.4) is 0 Å². The first-order valence-corrected chi connectivity index (χ1v) is 7.93. The van der Waals surface area contributed by atoms with Crippen molar-refractivity contribution in [2.45, 2.75) is 12.3 Å². The lowest BCUT2D eigenvalue weighted by atomic mass is 10.2. The summed E-state index contributed by atoms with van der Waals surface area (Å²) < 4.78 is 16.1. The number of hydrogen-bond donors (Lipinski definition) is 0. The molecule has 1 atom stereocenters. The molecule has 1 unspecified atom stereocenters. The zero-order chi connectivity index (χ0) is 17.0. The number of halogens is 1. The van der Waals surface area contributed by atoms with E-state index in [0.717, 1.165) is 18.8 Å². The van der Waals surface area contributed by atoms with Gasteiger partial charge in [0.2, 0.25) is 11.7 Å². The van der Waals surface area contributed by atoms with Gasteiger partial charge in [0.15, 0.2) is 11.5 Å². The van der Waals surface area contributed by atoms with E-state index in [2.05, 4.69) is 4.90 Å². The van der Waals surface area contributed by atoms with Gasteiger partial charge in [-0.3, -0.25) is 4.79 Å². The van der Waals surface area contributed by atoms with Gasteiger partial charge in [-0.25, -0.2) is 0 Å². The van der Waals surface area contributed by atoms with Gasteiger partial charge in [-0.05, 0) is 6.92 Å². The lowest BCUT2D eigenvalue weighted by molar-refractivity contribution is -0.130. The number of rotatable bonds is 5. The van der Waals surface area contributed by atoms with Crippen LogP contribution in [0.5, 0.6) is 17.2 Å². The minimum atomic E-state index is -0.484. The smallest absolute Gasteiger partial charge is 0.240 e. The fourth-order valence-electron chi connectivity index (χ4n) is 2.69. The summed E-state index contributed by atoms with van der Waals surface area (Å²) in [6.45, 7) is 4.45. The fourth-order valence-corrected chi connectivity index (χ4v) is 2.82. The number of piperazine rings is 1. The maximum Gasteiger partial charge on any atom is 0.240 e. The van der Waals surface area contributed by atoms with Crippen molar-refractivity contribution in [3.8, 4) is 17.2 Å². The molecule has 1 amide bonds. The summed E-state index contributed by atoms with van der Waals surface area (Å²) in [5, 5.41) is -0.484. The second kappa shape index (κ2) is 7.64. The van der Waals surface area contributed by atoms with Crippen LogP contribution in [0.2, 0.25) is 0 Å². The average Bonchev–Trinajstić information content (AvgIpc) is 2.59. The maximum absolute atomic E-state index is 11.9. The van der Waals surface area contributed by atoms with Crippen LogP contribution in [-0.2, 0) is 4.79 Å². The lowest BCUT2D eigenvalue weighted by Crippen LogP contribution is -2.50. The van der Waals surface area contributed by atoms with Crippen LogP contribution in [0, 0.1) is 0 Å². The summed E-state index contributed by atoms with van der Waals surface area (Å²) in [6.07, 6.45) is 0. The maximum atomic E-state index is 11.9. The number of alkyl halides is 1. The molecule has 0 spiro atoms. The number of nitrogens with zero attached hydrogens (tertiary/aromatic N) is 2. The molecule has 128 valence electrons. The van der Waals surface area contributed by atoms with Crippen LogP contribution in [0.15, 0.2) is 12.1 Å². The Kier molecular flexibility index (Phi) is 5.82. The van der Waals surface area contributed by atoms with Gasteiger partial charge in [0, 0.05) is 44.0 Å². The topological polar surface area (TPSA) is 51.2 Å². The molecule has 1 aliphatic rings. The van der Waals surface area contributed by atoms with E-state index in [1.165, 1.54) is 0 Å². The van der Waals surface area contributed by atoms with Gasteiger partial charge in [-0.1, -0.05) is 0 Å². The van der Waals surface area contributed by atoms with Crippen LogP contribution >= 0.6 is 11.6 Å². The summed E-state index contributed by atoms with van der Waals surface area (Å²) in [5.74, 6) is 1.80. The van der Waals surface area contributed by atoms with E-state index in [4.69, 9.17) is 25.8 Å². The summed E-state index contributed by atoms with van der Waals surface area (Å²) in [5.41, 5.74) is 0.977. The van der Waals surface area contributed by atoms with E-state index in [-0.39, 0.29) is 5.91 Å². The minimum Gasteiger partial charge on any atom is -0.493 e. The van der Waals surface area contributed by atoms with Crippen molar-refractivity contribution in [3.63, 3.8) is 0 Å². The molecule has 1 aliphatic heterocycles. The molecule has 0 saturated carbocycles. The number of methoxy groups -OCH3 is 3. The second-order valence-corrected chi connectivity index (χ2v) is 5.97. The number of carbonyl (C=O) groups excluding carboxylic acids is 1. The van der Waals surface area contributed by atoms with Crippen molar-refractivity contribution < 1.29 is 19.0 Å². The van der Waals surface area contributed by atoms with Crippen LogP contribution < -0.4 is 19.1 Å². The summed E-state index contributed by atoms with van der Waals surface area (Å²) in [6, 6.07) is 3.84. The van der Waals surface area contributed by atoms with Crippen molar-refractivity contribution in [3.05, 3.63) is 12.1 Å². The van der Waals surface area contributed by atoms with Gasteiger partial charge >= 0.3 is 0 Å². The average molecular weight is 343 g/mol. The van der Waals surface area contributed by atoms with E-state index in [9.17, 15) is 4.79 Å². The molecular formula is C16H23ClN2O4. The molecule has 0 aliphatic carbocycles. The van der Waals surface area contributed by atoms with E-state index in [0.29, 0.717) is 30.3 Å². The number of hydrogen-bond acceptors (Lipinski definition) is 5. The van der Waals surface area contributed by atoms with Gasteiger partial charge in [0.25, 0.3) is 0 Å². The Morgan fingerprint density at radius 1 is 1.04 bits per heavy atom. The van der Waals surface area contributed by atoms with E-state index in [1.54, 1.807) is 33.2 Å². The van der Waals surface area contributed by atoms with Crippen LogP contribution in [-0.4, -0.2) is 63.7 Å². The van der Waals surface area contributed by atoms with Crippen molar-refractivity contribution >= 4 is 23.2 Å². The standard InChI is InChI=1S/C16H23ClN2O4/c1-11(17)16(20)19-7-5-18(6-8-19)12-9-13(21-2)15(23-4)14(10-12)22-3/h9-11H,5-8H2,1-4H3. The van der Waals surface area contributed by atoms with Gasteiger partial charge < -0.3 is 24.0 Å². The fraction of sp³-hybridized carbons (Fsp3) is 0.562. The summed E-state index contributed by atoms with van der Waals surface area (Å²) in [4.78, 5) is 15.9. The Bertz CT molecular complexity index is 532. The number of anilines is 1. The molecule has 2 rings (SSSR count). The molecule has 1 aromatic carbocycles. The van der Waals surface area contributed by atoms with Crippen molar-refractivity contribution in [1.82, 2.24) is 4.90 Å². The zero-order valence-corrected chi connectivity index (χ0v) is 14.7. The monoisotopic (exact) mass is 342 g/mol. The molecule has 1 fully saturated rings. The third kappa shape index (κ3) is 3.75. The number of carbonyl (C=O) groups is 1. The third-order valence-corrected chi connectivity index (χ3v) is 4.13. The number of ether oxygens (including phenoxy) is 3. The Balaban J connectivity index is 2.16. The highest BCUT2D eigenvalue weighted by molar-refractivity contribution is 6.30. The molecule has 6 nitrogen and oxygen atoms in total. The molecular weight excluding hydrogens is 320 g/mol. The normalized spacial score (nSPS) is 16.0. The first-order chi connectivity index (χ1) is 11.0. The van der Waals surface area contributed by atoms with E-state index in [1.807, 2.05) is 12.1 Å². The van der Waals surface area contributed by atoms with E-state index < -0.39 is 5.38 Å². The highest BCUT2D eigenvalue weighted by atomic mass is 35.5. The lowest BCUT2D eigenvalue weighted by Gasteiger charge is -2.36. The van der Waals surface area contributed by atoms with Crippen LogP contribution in [0.4, 0.5) is 5.69 Å². The molecule has 1 aromatic rings. The van der Waals surface area contributed by atoms with Gasteiger partial charge in [0.1, 0.15) is 5.38 Å². The van der Waals surface area contributed by atoms with Crippen molar-refractivity contribution in [2.24, 2.45) is 0 Å². The van der Waals surface area contributed by atoms with Crippen molar-refractivity contribution in [1.29, 1.82) is 0 Å². The molecule has 0 N–H and O–H groups in total. The number of amides is 1. The van der Waals surface area contributed by atoms with Crippen LogP contribution in [0.1, 0.15) is 6.92 Å². The zero-order valence-electron chi connectivity index (χ0n) is 14.0. The molecule has 1 heterocycles. The summed E-state index contributed by atoms with van der Waals surface area (Å²) >= 11 is 5.88. The Morgan fingerprint density at radius 3 is 1.96 bits per heavy atom. The SMILES string of the molecule is COc1cc(N2CCN(C(=O)C(C)Cl)CC2)cc(OC)c1OC. The Morgan fingerprint density at radius 2 is 1.57 bits per heavy atom. The van der Waals surface area contributed by atoms with Crippen LogP contribution in [0.25, 0.3) is 0 Å². The van der Waals surface area contributed by atoms with E-state index >= 15 is 0 Å². The molecule has 0 aromatic heterocycles. The molecule has 23 heavy (non-hydrogen) atoms. The third-order valence-electron chi connectivity index (χ3n) is 3.95. The van der Waals surface area contributed by atoms with Gasteiger partial charge in [-0.15, -0.1) is 11.6 Å². The van der Waals surface area contributed by atoms with Crippen molar-refractivity contribution in [2.75, 3.05) is 52.4 Å². The molecule has 0 bridgehead atoms. The largest absolute Gasteiger partial charge is 0.493 e. The number of benzene rings is 1. The summed E-state index contributed by atoms with van der Waals surface area (Å²) in [7, 11) is 4.77. The highest BCUT2D eigenvalue weighted by Crippen LogP contribution is 2.41. The Labute approximate surface area is 141 Å². The van der Waals surface area contributed by atoms with Gasteiger partial charge in [-0.2, -0.15) is 0 Å². The highest BCUT2D eigenvalue weighted by Gasteiger charge is 2.25. The second-order valence-electron chi connectivity index (χ2n) is 5.31. The Hall–Kier alpha value is -1.82.